The second-order valence-electron chi connectivity index (χ2n) is 6.96. The van der Waals surface area contributed by atoms with Gasteiger partial charge in [-0.2, -0.15) is 0 Å². The van der Waals surface area contributed by atoms with Crippen LogP contribution in [0.3, 0.4) is 0 Å². The molecule has 2 aliphatic rings. The molecule has 1 aromatic carbocycles. The maximum absolute atomic E-state index is 13.1. The fourth-order valence-corrected chi connectivity index (χ4v) is 4.28. The van der Waals surface area contributed by atoms with Crippen LogP contribution in [0.5, 0.6) is 11.5 Å². The number of methoxy groups -OCH3 is 2. The van der Waals surface area contributed by atoms with Crippen molar-refractivity contribution in [2.24, 2.45) is 0 Å². The molecule has 0 aliphatic carbocycles. The number of piperidine rings is 1. The van der Waals surface area contributed by atoms with E-state index < -0.39 is 18.1 Å². The van der Waals surface area contributed by atoms with Crippen molar-refractivity contribution in [3.8, 4) is 11.5 Å². The van der Waals surface area contributed by atoms with Crippen molar-refractivity contribution in [1.82, 2.24) is 9.80 Å². The topological polar surface area (TPSA) is 94.6 Å². The molecule has 3 rings (SSSR count). The van der Waals surface area contributed by atoms with E-state index in [0.29, 0.717) is 47.5 Å². The van der Waals surface area contributed by atoms with Gasteiger partial charge in [-0.05, 0) is 47.8 Å². The summed E-state index contributed by atoms with van der Waals surface area (Å²) in [5, 5.41) is 0. The van der Waals surface area contributed by atoms with Gasteiger partial charge in [-0.25, -0.2) is 9.59 Å². The summed E-state index contributed by atoms with van der Waals surface area (Å²) in [5.74, 6) is 0.386. The van der Waals surface area contributed by atoms with Crippen LogP contribution in [0, 0.1) is 0 Å². The maximum atomic E-state index is 13.1. The van der Waals surface area contributed by atoms with E-state index in [1.54, 1.807) is 24.0 Å². The number of amides is 2. The molecule has 2 aliphatic heterocycles. The number of esters is 1. The number of likely N-dealkylation sites (tertiary alicyclic amines) is 1. The number of hydrogen-bond donors (Lipinski definition) is 0. The van der Waals surface area contributed by atoms with Crippen LogP contribution in [0.2, 0.25) is 0 Å². The zero-order chi connectivity index (χ0) is 21.8. The lowest BCUT2D eigenvalue weighted by molar-refractivity contribution is -0.148. The normalized spacial score (nSPS) is 19.5. The average molecular weight is 485 g/mol. The molecule has 1 aromatic rings. The number of cyclic esters (lactones) is 1. The summed E-state index contributed by atoms with van der Waals surface area (Å²) in [5.41, 5.74) is 0.469. The van der Waals surface area contributed by atoms with E-state index in [4.69, 9.17) is 18.9 Å². The molecule has 1 atom stereocenters. The lowest BCUT2D eigenvalue weighted by Gasteiger charge is -2.37. The summed E-state index contributed by atoms with van der Waals surface area (Å²) in [6.45, 7) is 2.85. The van der Waals surface area contributed by atoms with Crippen molar-refractivity contribution in [3.63, 3.8) is 0 Å². The number of halogens is 1. The maximum Gasteiger partial charge on any atom is 0.410 e. The fraction of sp³-hybridized carbons (Fsp3) is 0.550. The van der Waals surface area contributed by atoms with Crippen LogP contribution >= 0.6 is 15.9 Å². The standard InChI is InChI=1S/C20H25BrN2O7/c1-4-29-19(25)15-11-30-20(26)23(15)12-5-7-22(8-6-12)18(24)13-9-16(27-2)17(28-3)10-14(13)21/h9-10,12,15H,4-8,11H2,1-3H3. The molecule has 0 spiro atoms. The largest absolute Gasteiger partial charge is 0.493 e. The Morgan fingerprint density at radius 1 is 1.17 bits per heavy atom. The lowest BCUT2D eigenvalue weighted by atomic mass is 10.0. The van der Waals surface area contributed by atoms with Crippen molar-refractivity contribution >= 4 is 33.9 Å². The minimum absolute atomic E-state index is 0.00456. The van der Waals surface area contributed by atoms with Crippen molar-refractivity contribution in [3.05, 3.63) is 22.2 Å². The molecule has 1 unspecified atom stereocenters. The first-order chi connectivity index (χ1) is 14.4. The number of rotatable bonds is 6. The Bertz CT molecular complexity index is 824. The Morgan fingerprint density at radius 2 is 1.80 bits per heavy atom. The van der Waals surface area contributed by atoms with Gasteiger partial charge in [0.05, 0.1) is 26.4 Å². The minimum atomic E-state index is -0.732. The van der Waals surface area contributed by atoms with Gasteiger partial charge in [-0.1, -0.05) is 0 Å². The Hall–Kier alpha value is -2.49. The van der Waals surface area contributed by atoms with E-state index in [0.717, 1.165) is 0 Å². The summed E-state index contributed by atoms with van der Waals surface area (Å²) in [6.07, 6.45) is 0.573. The molecule has 0 aromatic heterocycles. The third kappa shape index (κ3) is 4.33. The van der Waals surface area contributed by atoms with Crippen LogP contribution in [0.4, 0.5) is 4.79 Å². The van der Waals surface area contributed by atoms with Gasteiger partial charge in [0.2, 0.25) is 0 Å². The zero-order valence-corrected chi connectivity index (χ0v) is 18.8. The van der Waals surface area contributed by atoms with E-state index in [1.165, 1.54) is 19.1 Å². The van der Waals surface area contributed by atoms with E-state index in [-0.39, 0.29) is 25.2 Å². The molecule has 10 heteroatoms. The Kier molecular flexibility index (Phi) is 7.06. The molecule has 2 fully saturated rings. The second-order valence-corrected chi connectivity index (χ2v) is 7.82. The number of carbonyl (C=O) groups is 3. The molecule has 30 heavy (non-hydrogen) atoms. The van der Waals surface area contributed by atoms with Crippen LogP contribution in [0.1, 0.15) is 30.1 Å². The van der Waals surface area contributed by atoms with Gasteiger partial charge in [0, 0.05) is 23.6 Å². The number of benzene rings is 1. The highest BCUT2D eigenvalue weighted by Gasteiger charge is 2.44. The Morgan fingerprint density at radius 3 is 2.40 bits per heavy atom. The molecular weight excluding hydrogens is 460 g/mol. The quantitative estimate of drug-likeness (QED) is 0.572. The number of hydrogen-bond acceptors (Lipinski definition) is 7. The van der Waals surface area contributed by atoms with Crippen molar-refractivity contribution in [2.75, 3.05) is 40.5 Å². The first-order valence-corrected chi connectivity index (χ1v) is 10.5. The van der Waals surface area contributed by atoms with Gasteiger partial charge in [0.15, 0.2) is 17.5 Å². The van der Waals surface area contributed by atoms with Crippen LogP contribution in [0.25, 0.3) is 0 Å². The van der Waals surface area contributed by atoms with Gasteiger partial charge in [-0.3, -0.25) is 9.69 Å². The van der Waals surface area contributed by atoms with Gasteiger partial charge in [-0.15, -0.1) is 0 Å². The summed E-state index contributed by atoms with van der Waals surface area (Å²) in [7, 11) is 3.05. The van der Waals surface area contributed by atoms with Gasteiger partial charge in [0.1, 0.15) is 6.61 Å². The molecule has 0 radical (unpaired) electrons. The first-order valence-electron chi connectivity index (χ1n) is 9.73. The van der Waals surface area contributed by atoms with E-state index >= 15 is 0 Å². The first kappa shape index (κ1) is 22.2. The van der Waals surface area contributed by atoms with Crippen LogP contribution < -0.4 is 9.47 Å². The summed E-state index contributed by atoms with van der Waals surface area (Å²) >= 11 is 3.43. The summed E-state index contributed by atoms with van der Waals surface area (Å²) in [6, 6.07) is 2.42. The third-order valence-corrected chi connectivity index (χ3v) is 5.97. The summed E-state index contributed by atoms with van der Waals surface area (Å²) < 4.78 is 21.3. The highest BCUT2D eigenvalue weighted by atomic mass is 79.9. The van der Waals surface area contributed by atoms with Crippen molar-refractivity contribution < 1.29 is 33.3 Å². The molecule has 2 heterocycles. The molecule has 0 N–H and O–H groups in total. The Labute approximate surface area is 183 Å². The van der Waals surface area contributed by atoms with Gasteiger partial charge in [0.25, 0.3) is 5.91 Å². The van der Waals surface area contributed by atoms with E-state index in [9.17, 15) is 14.4 Å². The van der Waals surface area contributed by atoms with Crippen LogP contribution in [-0.2, 0) is 14.3 Å². The highest BCUT2D eigenvalue weighted by molar-refractivity contribution is 9.10. The molecular formula is C20H25BrN2O7. The Balaban J connectivity index is 1.69. The van der Waals surface area contributed by atoms with Gasteiger partial charge < -0.3 is 23.8 Å². The summed E-state index contributed by atoms with van der Waals surface area (Å²) in [4.78, 5) is 40.6. The second kappa shape index (κ2) is 9.55. The monoisotopic (exact) mass is 484 g/mol. The lowest BCUT2D eigenvalue weighted by Crippen LogP contribution is -2.52. The molecule has 2 amide bonds. The highest BCUT2D eigenvalue weighted by Crippen LogP contribution is 2.34. The fourth-order valence-electron chi connectivity index (χ4n) is 3.79. The van der Waals surface area contributed by atoms with Gasteiger partial charge >= 0.3 is 12.1 Å². The number of ether oxygens (including phenoxy) is 4. The smallest absolute Gasteiger partial charge is 0.410 e. The molecule has 9 nitrogen and oxygen atoms in total. The molecule has 164 valence electrons. The SMILES string of the molecule is CCOC(=O)C1COC(=O)N1C1CCN(C(=O)c2cc(OC)c(OC)cc2Br)CC1. The average Bonchev–Trinajstić information content (AvgIpc) is 3.14. The predicted octanol–water partition coefficient (Wildman–Crippen LogP) is 2.45. The van der Waals surface area contributed by atoms with E-state index in [1.807, 2.05) is 0 Å². The molecule has 0 saturated carbocycles. The van der Waals surface area contributed by atoms with Crippen LogP contribution in [-0.4, -0.2) is 80.4 Å². The zero-order valence-electron chi connectivity index (χ0n) is 17.2. The van der Waals surface area contributed by atoms with E-state index in [2.05, 4.69) is 15.9 Å². The predicted molar refractivity (Wildman–Crippen MR) is 110 cm³/mol. The van der Waals surface area contributed by atoms with Crippen LogP contribution in [0.15, 0.2) is 16.6 Å². The van der Waals surface area contributed by atoms with Crippen molar-refractivity contribution in [1.29, 1.82) is 0 Å². The molecule has 2 saturated heterocycles. The minimum Gasteiger partial charge on any atom is -0.493 e. The third-order valence-electron chi connectivity index (χ3n) is 5.32. The van der Waals surface area contributed by atoms with Crippen molar-refractivity contribution in [2.45, 2.75) is 31.8 Å². The number of carbonyl (C=O) groups excluding carboxylic acids is 3. The number of nitrogens with zero attached hydrogens (tertiary/aromatic N) is 2. The molecule has 0 bridgehead atoms.